The van der Waals surface area contributed by atoms with Crippen molar-refractivity contribution in [2.24, 2.45) is 5.41 Å². The molecule has 0 aliphatic rings. The van der Waals surface area contributed by atoms with E-state index in [4.69, 9.17) is 25.2 Å². The van der Waals surface area contributed by atoms with Gasteiger partial charge >= 0.3 is 5.97 Å². The summed E-state index contributed by atoms with van der Waals surface area (Å²) in [5.74, 6) is 0.555. The Labute approximate surface area is 277 Å². The SMILES string of the molecule is CCC(=O)Oc1ccccc1O.Cc1cc(O)c(C(C)(C)C)cc1Sc1cc(C(C)(C)C)c(O)cc1C.OCC(CO)(CO)CO. The minimum atomic E-state index is -1.11. The molecule has 0 radical (unpaired) electrons. The lowest BCUT2D eigenvalue weighted by atomic mass is 9.86. The number of rotatable bonds is 8. The molecule has 3 rings (SSSR count). The third kappa shape index (κ3) is 11.8. The van der Waals surface area contributed by atoms with Crippen LogP contribution < -0.4 is 4.74 Å². The molecule has 7 N–H and O–H groups in total. The fourth-order valence-corrected chi connectivity index (χ4v) is 4.95. The van der Waals surface area contributed by atoms with Crippen LogP contribution in [0.1, 0.15) is 77.1 Å². The molecule has 3 aromatic rings. The van der Waals surface area contributed by atoms with Gasteiger partial charge in [-0.05, 0) is 72.2 Å². The van der Waals surface area contributed by atoms with Crippen LogP contribution in [0.4, 0.5) is 0 Å². The molecule has 3 aromatic carbocycles. The van der Waals surface area contributed by atoms with Crippen molar-refractivity contribution in [3.8, 4) is 23.0 Å². The molecule has 0 atom stereocenters. The third-order valence-electron chi connectivity index (χ3n) is 7.14. The fourth-order valence-electron chi connectivity index (χ4n) is 3.92. The topological polar surface area (TPSA) is 168 Å². The number of phenolic OH excluding ortho intramolecular Hbond substituents is 3. The third-order valence-corrected chi connectivity index (χ3v) is 8.46. The lowest BCUT2D eigenvalue weighted by molar-refractivity contribution is -0.134. The number of benzene rings is 3. The van der Waals surface area contributed by atoms with Crippen LogP contribution >= 0.6 is 11.8 Å². The molecular weight excluding hydrogens is 608 g/mol. The molecule has 0 bridgehead atoms. The number of carbonyl (C=O) groups excluding carboxylic acids is 1. The number of aryl methyl sites for hydroxylation is 2. The summed E-state index contributed by atoms with van der Waals surface area (Å²) >= 11 is 1.70. The molecule has 0 saturated heterocycles. The van der Waals surface area contributed by atoms with Gasteiger partial charge in [-0.1, -0.05) is 72.4 Å². The van der Waals surface area contributed by atoms with Crippen molar-refractivity contribution >= 4 is 17.7 Å². The Morgan fingerprint density at radius 3 is 1.37 bits per heavy atom. The second-order valence-corrected chi connectivity index (χ2v) is 14.4. The number of para-hydroxylation sites is 2. The number of carbonyl (C=O) groups is 1. The summed E-state index contributed by atoms with van der Waals surface area (Å²) in [6, 6.07) is 14.3. The Hall–Kier alpha value is -3.28. The maximum atomic E-state index is 10.8. The van der Waals surface area contributed by atoms with Crippen LogP contribution in [0, 0.1) is 19.3 Å². The number of aliphatic hydroxyl groups excluding tert-OH is 4. The minimum absolute atomic E-state index is 0.0145. The van der Waals surface area contributed by atoms with E-state index in [0.29, 0.717) is 17.9 Å². The molecule has 46 heavy (non-hydrogen) atoms. The minimum Gasteiger partial charge on any atom is -0.508 e. The monoisotopic (exact) mass is 660 g/mol. The summed E-state index contributed by atoms with van der Waals surface area (Å²) in [5.41, 5.74) is 2.67. The molecule has 0 spiro atoms. The highest BCUT2D eigenvalue weighted by Gasteiger charge is 2.26. The average Bonchev–Trinajstić information content (AvgIpc) is 2.97. The summed E-state index contributed by atoms with van der Waals surface area (Å²) in [6.45, 7) is 16.8. The lowest BCUT2D eigenvalue weighted by Crippen LogP contribution is -2.37. The second-order valence-electron chi connectivity index (χ2n) is 13.3. The number of ether oxygens (including phenoxy) is 1. The van der Waals surface area contributed by atoms with Crippen LogP contribution in [0.3, 0.4) is 0 Å². The lowest BCUT2D eigenvalue weighted by Gasteiger charge is -2.24. The van der Waals surface area contributed by atoms with Crippen molar-refractivity contribution in [1.82, 2.24) is 0 Å². The second kappa shape index (κ2) is 17.6. The normalized spacial score (nSPS) is 11.6. The van der Waals surface area contributed by atoms with Crippen LogP contribution in [0.25, 0.3) is 0 Å². The van der Waals surface area contributed by atoms with Crippen molar-refractivity contribution in [2.45, 2.75) is 89.4 Å². The van der Waals surface area contributed by atoms with Crippen LogP contribution in [-0.4, -0.2) is 68.1 Å². The first kappa shape index (κ1) is 40.7. The Bertz CT molecular complexity index is 1330. The number of aliphatic hydroxyl groups is 4. The number of phenols is 3. The van der Waals surface area contributed by atoms with E-state index in [9.17, 15) is 20.1 Å². The quantitative estimate of drug-likeness (QED) is 0.111. The fraction of sp³-hybridized carbons (Fsp3) is 0.472. The van der Waals surface area contributed by atoms with E-state index in [2.05, 4.69) is 53.7 Å². The smallest absolute Gasteiger partial charge is 0.311 e. The van der Waals surface area contributed by atoms with Gasteiger partial charge in [0.05, 0.1) is 31.8 Å². The molecule has 0 aliphatic carbocycles. The highest BCUT2D eigenvalue weighted by molar-refractivity contribution is 7.99. The number of hydrogen-bond donors (Lipinski definition) is 7. The van der Waals surface area contributed by atoms with E-state index in [-0.39, 0.29) is 28.3 Å². The van der Waals surface area contributed by atoms with E-state index in [0.717, 1.165) is 32.0 Å². The number of aromatic hydroxyl groups is 3. The summed E-state index contributed by atoms with van der Waals surface area (Å²) in [5, 5.41) is 63.8. The summed E-state index contributed by atoms with van der Waals surface area (Å²) in [7, 11) is 0. The molecule has 0 aromatic heterocycles. The summed E-state index contributed by atoms with van der Waals surface area (Å²) in [4.78, 5) is 13.1. The number of hydrogen-bond acceptors (Lipinski definition) is 10. The van der Waals surface area contributed by atoms with E-state index >= 15 is 0 Å². The van der Waals surface area contributed by atoms with Crippen molar-refractivity contribution in [2.75, 3.05) is 26.4 Å². The molecule has 256 valence electrons. The number of esters is 1. The molecular formula is C36H52O9S. The molecule has 0 unspecified atom stereocenters. The van der Waals surface area contributed by atoms with Gasteiger partial charge in [-0.15, -0.1) is 0 Å². The van der Waals surface area contributed by atoms with Crippen molar-refractivity contribution < 1.29 is 45.3 Å². The van der Waals surface area contributed by atoms with Gasteiger partial charge in [0.15, 0.2) is 11.5 Å². The zero-order valence-corrected chi connectivity index (χ0v) is 29.3. The van der Waals surface area contributed by atoms with E-state index in [1.165, 1.54) is 6.07 Å². The molecule has 0 fully saturated rings. The van der Waals surface area contributed by atoms with Crippen molar-refractivity contribution in [3.63, 3.8) is 0 Å². The molecule has 0 heterocycles. The zero-order chi connectivity index (χ0) is 35.5. The van der Waals surface area contributed by atoms with Crippen LogP contribution in [0.5, 0.6) is 23.0 Å². The van der Waals surface area contributed by atoms with Gasteiger partial charge in [0.25, 0.3) is 0 Å². The molecule has 0 amide bonds. The van der Waals surface area contributed by atoms with Gasteiger partial charge in [0.1, 0.15) is 11.5 Å². The van der Waals surface area contributed by atoms with Crippen LogP contribution in [-0.2, 0) is 15.6 Å². The van der Waals surface area contributed by atoms with Gasteiger partial charge in [0.2, 0.25) is 0 Å². The highest BCUT2D eigenvalue weighted by Crippen LogP contribution is 2.42. The van der Waals surface area contributed by atoms with Crippen molar-refractivity contribution in [1.29, 1.82) is 0 Å². The van der Waals surface area contributed by atoms with Crippen LogP contribution in [0.2, 0.25) is 0 Å². The zero-order valence-electron chi connectivity index (χ0n) is 28.5. The predicted octanol–water partition coefficient (Wildman–Crippen LogP) is 6.11. The molecule has 10 heteroatoms. The van der Waals surface area contributed by atoms with E-state index in [1.807, 2.05) is 26.0 Å². The predicted molar refractivity (Wildman–Crippen MR) is 182 cm³/mol. The summed E-state index contributed by atoms with van der Waals surface area (Å²) in [6.07, 6.45) is 0.300. The molecule has 0 saturated carbocycles. The first-order valence-electron chi connectivity index (χ1n) is 15.1. The van der Waals surface area contributed by atoms with Crippen LogP contribution in [0.15, 0.2) is 58.3 Å². The first-order chi connectivity index (χ1) is 21.3. The van der Waals surface area contributed by atoms with Gasteiger partial charge in [0, 0.05) is 27.3 Å². The maximum absolute atomic E-state index is 10.8. The summed E-state index contributed by atoms with van der Waals surface area (Å²) < 4.78 is 4.81. The van der Waals surface area contributed by atoms with E-state index < -0.39 is 31.8 Å². The van der Waals surface area contributed by atoms with Gasteiger partial charge in [-0.3, -0.25) is 4.79 Å². The Morgan fingerprint density at radius 2 is 1.07 bits per heavy atom. The van der Waals surface area contributed by atoms with Crippen molar-refractivity contribution in [3.05, 3.63) is 70.8 Å². The highest BCUT2D eigenvalue weighted by atomic mass is 32.2. The standard InChI is InChI=1S/C22H30O2S.C9H10O3.C5H12O4/c1-13-9-17(23)15(21(3,4)5)11-19(13)25-20-12-16(22(6,7)8)18(24)10-14(20)2;1-2-9(11)12-8-6-4-3-5-7(8)10;6-1-5(2-7,3-8)4-9/h9-12,23-24H,1-8H3;3-6,10H,2H2,1H3;6-9H,1-4H2. The Morgan fingerprint density at radius 1 is 0.674 bits per heavy atom. The average molecular weight is 661 g/mol. The van der Waals surface area contributed by atoms with Gasteiger partial charge in [-0.25, -0.2) is 0 Å². The Balaban J connectivity index is 0.000000416. The largest absolute Gasteiger partial charge is 0.508 e. The molecule has 0 aliphatic heterocycles. The first-order valence-corrected chi connectivity index (χ1v) is 15.9. The maximum Gasteiger partial charge on any atom is 0.311 e. The Kier molecular flexibility index (Phi) is 15.6. The van der Waals surface area contributed by atoms with Gasteiger partial charge in [-0.2, -0.15) is 0 Å². The van der Waals surface area contributed by atoms with E-state index in [1.54, 1.807) is 36.9 Å². The molecule has 9 nitrogen and oxygen atoms in total. The van der Waals surface area contributed by atoms with Gasteiger partial charge < -0.3 is 40.5 Å².